The van der Waals surface area contributed by atoms with Crippen LogP contribution in [-0.4, -0.2) is 9.78 Å². The molecule has 2 N–H and O–H groups in total. The Kier molecular flexibility index (Phi) is 4.50. The second kappa shape index (κ2) is 5.95. The van der Waals surface area contributed by atoms with Gasteiger partial charge in [-0.2, -0.15) is 5.10 Å². The number of hydrogen-bond acceptors (Lipinski definition) is 2. The molecular formula is C14H17Cl2N3. The van der Waals surface area contributed by atoms with E-state index < -0.39 is 0 Å². The minimum atomic E-state index is -0.198. The second-order valence-corrected chi connectivity index (χ2v) is 5.70. The van der Waals surface area contributed by atoms with E-state index >= 15 is 0 Å². The Morgan fingerprint density at radius 1 is 1.32 bits per heavy atom. The predicted octanol–water partition coefficient (Wildman–Crippen LogP) is 4.01. The summed E-state index contributed by atoms with van der Waals surface area (Å²) in [5, 5.41) is 5.60. The smallest absolute Gasteiger partial charge is 0.0834 e. The average molecular weight is 298 g/mol. The standard InChI is InChI=1S/C14H17Cl2N3/c1-9(2)19-14(12(16)8-18-19)13(17)7-10-4-3-5-11(15)6-10/h3-6,8-9,13H,7,17H2,1-2H3. The maximum atomic E-state index is 6.27. The topological polar surface area (TPSA) is 43.8 Å². The molecule has 3 nitrogen and oxygen atoms in total. The van der Waals surface area contributed by atoms with Crippen molar-refractivity contribution in [2.24, 2.45) is 5.73 Å². The minimum Gasteiger partial charge on any atom is -0.322 e. The van der Waals surface area contributed by atoms with Crippen molar-refractivity contribution in [3.05, 3.63) is 51.8 Å². The van der Waals surface area contributed by atoms with E-state index in [4.69, 9.17) is 28.9 Å². The van der Waals surface area contributed by atoms with Crippen molar-refractivity contribution in [3.63, 3.8) is 0 Å². The Hall–Kier alpha value is -1.03. The van der Waals surface area contributed by atoms with E-state index in [-0.39, 0.29) is 12.1 Å². The lowest BCUT2D eigenvalue weighted by atomic mass is 10.0. The maximum absolute atomic E-state index is 6.27. The molecule has 0 radical (unpaired) electrons. The zero-order chi connectivity index (χ0) is 14.0. The lowest BCUT2D eigenvalue weighted by Gasteiger charge is -2.17. The Bertz CT molecular complexity index is 564. The van der Waals surface area contributed by atoms with E-state index in [0.717, 1.165) is 11.3 Å². The molecule has 0 fully saturated rings. The number of benzene rings is 1. The summed E-state index contributed by atoms with van der Waals surface area (Å²) in [6.07, 6.45) is 2.33. The molecule has 1 aromatic carbocycles. The summed E-state index contributed by atoms with van der Waals surface area (Å²) >= 11 is 12.2. The molecule has 1 aromatic heterocycles. The number of rotatable bonds is 4. The molecule has 0 amide bonds. The number of nitrogens with zero attached hydrogens (tertiary/aromatic N) is 2. The van der Waals surface area contributed by atoms with Crippen molar-refractivity contribution in [2.45, 2.75) is 32.4 Å². The molecule has 0 aliphatic carbocycles. The Morgan fingerprint density at radius 2 is 2.05 bits per heavy atom. The van der Waals surface area contributed by atoms with Crippen LogP contribution in [0.5, 0.6) is 0 Å². The molecule has 1 atom stereocenters. The molecule has 0 saturated heterocycles. The Morgan fingerprint density at radius 3 is 2.68 bits per heavy atom. The summed E-state index contributed by atoms with van der Waals surface area (Å²) in [5.74, 6) is 0. The number of hydrogen-bond donors (Lipinski definition) is 1. The molecule has 0 aliphatic rings. The lowest BCUT2D eigenvalue weighted by molar-refractivity contribution is 0.485. The first-order chi connectivity index (χ1) is 8.99. The summed E-state index contributed by atoms with van der Waals surface area (Å²) in [4.78, 5) is 0. The van der Waals surface area contributed by atoms with Crippen LogP contribution in [-0.2, 0) is 6.42 Å². The van der Waals surface area contributed by atoms with Crippen LogP contribution in [0.25, 0.3) is 0 Å². The molecule has 5 heteroatoms. The van der Waals surface area contributed by atoms with Crippen LogP contribution >= 0.6 is 23.2 Å². The maximum Gasteiger partial charge on any atom is 0.0834 e. The summed E-state index contributed by atoms with van der Waals surface area (Å²) in [6, 6.07) is 7.73. The van der Waals surface area contributed by atoms with Crippen LogP contribution in [0, 0.1) is 0 Å². The highest BCUT2D eigenvalue weighted by Gasteiger charge is 2.18. The molecule has 2 aromatic rings. The summed E-state index contributed by atoms with van der Waals surface area (Å²) in [6.45, 7) is 4.11. The minimum absolute atomic E-state index is 0.198. The number of aromatic nitrogens is 2. The van der Waals surface area contributed by atoms with Gasteiger partial charge in [-0.25, -0.2) is 0 Å². The largest absolute Gasteiger partial charge is 0.322 e. The van der Waals surface area contributed by atoms with Crippen molar-refractivity contribution in [3.8, 4) is 0 Å². The van der Waals surface area contributed by atoms with Gasteiger partial charge in [0.05, 0.1) is 23.0 Å². The van der Waals surface area contributed by atoms with E-state index in [0.29, 0.717) is 16.5 Å². The molecular weight excluding hydrogens is 281 g/mol. The lowest BCUT2D eigenvalue weighted by Crippen LogP contribution is -2.20. The molecule has 0 bridgehead atoms. The molecule has 0 aliphatic heterocycles. The Balaban J connectivity index is 2.25. The third-order valence-electron chi connectivity index (χ3n) is 2.97. The summed E-state index contributed by atoms with van der Waals surface area (Å²) < 4.78 is 1.87. The predicted molar refractivity (Wildman–Crippen MR) is 79.7 cm³/mol. The fourth-order valence-corrected chi connectivity index (χ4v) is 2.61. The van der Waals surface area contributed by atoms with Crippen LogP contribution in [0.4, 0.5) is 0 Å². The van der Waals surface area contributed by atoms with Crippen LogP contribution in [0.15, 0.2) is 30.5 Å². The fraction of sp³-hybridized carbons (Fsp3) is 0.357. The quantitative estimate of drug-likeness (QED) is 0.926. The zero-order valence-electron chi connectivity index (χ0n) is 11.0. The van der Waals surface area contributed by atoms with Gasteiger partial charge in [0.2, 0.25) is 0 Å². The fourth-order valence-electron chi connectivity index (χ4n) is 2.12. The Labute approximate surface area is 123 Å². The average Bonchev–Trinajstić information content (AvgIpc) is 2.71. The van der Waals surface area contributed by atoms with E-state index in [1.54, 1.807) is 6.20 Å². The van der Waals surface area contributed by atoms with Crippen LogP contribution in [0.2, 0.25) is 10.0 Å². The summed E-state index contributed by atoms with van der Waals surface area (Å²) in [5.41, 5.74) is 8.23. The van der Waals surface area contributed by atoms with Crippen molar-refractivity contribution in [1.82, 2.24) is 9.78 Å². The molecule has 1 heterocycles. The van der Waals surface area contributed by atoms with Gasteiger partial charge < -0.3 is 5.73 Å². The number of halogens is 2. The highest BCUT2D eigenvalue weighted by molar-refractivity contribution is 6.31. The number of nitrogens with two attached hydrogens (primary N) is 1. The van der Waals surface area contributed by atoms with Crippen molar-refractivity contribution >= 4 is 23.2 Å². The molecule has 1 unspecified atom stereocenters. The van der Waals surface area contributed by atoms with Crippen LogP contribution < -0.4 is 5.73 Å². The van der Waals surface area contributed by atoms with Crippen molar-refractivity contribution in [2.75, 3.05) is 0 Å². The third kappa shape index (κ3) is 3.30. The SMILES string of the molecule is CC(C)n1ncc(Cl)c1C(N)Cc1cccc(Cl)c1. The van der Waals surface area contributed by atoms with E-state index in [1.165, 1.54) is 0 Å². The van der Waals surface area contributed by atoms with Gasteiger partial charge >= 0.3 is 0 Å². The molecule has 19 heavy (non-hydrogen) atoms. The van der Waals surface area contributed by atoms with Crippen molar-refractivity contribution < 1.29 is 0 Å². The molecule has 2 rings (SSSR count). The van der Waals surface area contributed by atoms with E-state index in [2.05, 4.69) is 18.9 Å². The van der Waals surface area contributed by atoms with E-state index in [9.17, 15) is 0 Å². The molecule has 102 valence electrons. The highest BCUT2D eigenvalue weighted by Crippen LogP contribution is 2.26. The van der Waals surface area contributed by atoms with Gasteiger partial charge in [0.25, 0.3) is 0 Å². The first-order valence-electron chi connectivity index (χ1n) is 6.22. The monoisotopic (exact) mass is 297 g/mol. The normalized spacial score (nSPS) is 12.9. The van der Waals surface area contributed by atoms with Gasteiger partial charge in [-0.05, 0) is 38.0 Å². The van der Waals surface area contributed by atoms with Crippen LogP contribution in [0.3, 0.4) is 0 Å². The van der Waals surface area contributed by atoms with Gasteiger partial charge in [0, 0.05) is 11.1 Å². The van der Waals surface area contributed by atoms with E-state index in [1.807, 2.05) is 28.9 Å². The van der Waals surface area contributed by atoms with Gasteiger partial charge in [-0.3, -0.25) is 4.68 Å². The second-order valence-electron chi connectivity index (χ2n) is 4.86. The van der Waals surface area contributed by atoms with Gasteiger partial charge in [0.1, 0.15) is 0 Å². The first-order valence-corrected chi connectivity index (χ1v) is 6.97. The molecule has 0 saturated carbocycles. The molecule has 0 spiro atoms. The third-order valence-corrected chi connectivity index (χ3v) is 3.50. The van der Waals surface area contributed by atoms with Crippen LogP contribution in [0.1, 0.15) is 37.2 Å². The van der Waals surface area contributed by atoms with Gasteiger partial charge in [-0.1, -0.05) is 35.3 Å². The first kappa shape index (κ1) is 14.4. The summed E-state index contributed by atoms with van der Waals surface area (Å²) in [7, 11) is 0. The van der Waals surface area contributed by atoms with Gasteiger partial charge in [0.15, 0.2) is 0 Å². The highest BCUT2D eigenvalue weighted by atomic mass is 35.5. The zero-order valence-corrected chi connectivity index (χ0v) is 12.5. The van der Waals surface area contributed by atoms with Gasteiger partial charge in [-0.15, -0.1) is 0 Å². The van der Waals surface area contributed by atoms with Crippen molar-refractivity contribution in [1.29, 1.82) is 0 Å².